The molecular weight excluding hydrogens is 296 g/mol. The summed E-state index contributed by atoms with van der Waals surface area (Å²) in [6.45, 7) is 0. The molecule has 1 aromatic carbocycles. The van der Waals surface area contributed by atoms with Crippen LogP contribution in [-0.4, -0.2) is 16.9 Å². The highest BCUT2D eigenvalue weighted by Gasteiger charge is 2.21. The van der Waals surface area contributed by atoms with Crippen LogP contribution in [0.25, 0.3) is 0 Å². The summed E-state index contributed by atoms with van der Waals surface area (Å²) in [5.41, 5.74) is 6.77. The summed E-state index contributed by atoms with van der Waals surface area (Å²) >= 11 is 1.36. The number of amides is 1. The topological polar surface area (TPSA) is 68.0 Å². The Bertz CT molecular complexity index is 681. The van der Waals surface area contributed by atoms with Crippen LogP contribution < -0.4 is 11.1 Å². The van der Waals surface area contributed by atoms with Crippen LogP contribution >= 0.6 is 11.3 Å². The fraction of sp³-hybridized carbons (Fsp3) is 0.286. The van der Waals surface area contributed by atoms with Gasteiger partial charge < -0.3 is 5.73 Å². The van der Waals surface area contributed by atoms with E-state index < -0.39 is 17.5 Å². The van der Waals surface area contributed by atoms with Gasteiger partial charge in [0.05, 0.1) is 5.69 Å². The summed E-state index contributed by atoms with van der Waals surface area (Å²) in [6.07, 6.45) is 2.41. The summed E-state index contributed by atoms with van der Waals surface area (Å²) < 4.78 is 26.2. The maximum Gasteiger partial charge on any atom is 0.257 e. The van der Waals surface area contributed by atoms with Gasteiger partial charge in [0.1, 0.15) is 11.6 Å². The van der Waals surface area contributed by atoms with Gasteiger partial charge in [-0.05, 0) is 31.4 Å². The highest BCUT2D eigenvalue weighted by atomic mass is 32.1. The SMILES string of the molecule is N[C@H]1CCc2nc(NC(=O)c3cc(F)cc(F)c3)sc2C1. The largest absolute Gasteiger partial charge is 0.327 e. The number of aryl methyl sites for hydroxylation is 1. The van der Waals surface area contributed by atoms with E-state index in [9.17, 15) is 13.6 Å². The van der Waals surface area contributed by atoms with Gasteiger partial charge in [-0.1, -0.05) is 0 Å². The first-order valence-electron chi connectivity index (χ1n) is 6.53. The summed E-state index contributed by atoms with van der Waals surface area (Å²) in [5, 5.41) is 3.01. The number of thiazole rings is 1. The Morgan fingerprint density at radius 3 is 2.76 bits per heavy atom. The second-order valence-corrected chi connectivity index (χ2v) is 6.09. The zero-order chi connectivity index (χ0) is 15.0. The number of carbonyl (C=O) groups excluding carboxylic acids is 1. The van der Waals surface area contributed by atoms with Crippen LogP contribution in [0.5, 0.6) is 0 Å². The normalized spacial score (nSPS) is 17.4. The predicted octanol–water partition coefficient (Wildman–Crippen LogP) is 2.49. The number of anilines is 1. The molecule has 3 rings (SSSR count). The van der Waals surface area contributed by atoms with Crippen LogP contribution in [0.3, 0.4) is 0 Å². The van der Waals surface area contributed by atoms with Crippen molar-refractivity contribution in [3.63, 3.8) is 0 Å². The van der Waals surface area contributed by atoms with Crippen LogP contribution in [0.4, 0.5) is 13.9 Å². The van der Waals surface area contributed by atoms with Crippen molar-refractivity contribution >= 4 is 22.4 Å². The van der Waals surface area contributed by atoms with Crippen molar-refractivity contribution in [2.45, 2.75) is 25.3 Å². The Labute approximate surface area is 124 Å². The van der Waals surface area contributed by atoms with Crippen molar-refractivity contribution < 1.29 is 13.6 Å². The molecule has 0 unspecified atom stereocenters. The summed E-state index contributed by atoms with van der Waals surface area (Å²) in [5.74, 6) is -2.15. The predicted molar refractivity (Wildman–Crippen MR) is 76.4 cm³/mol. The lowest BCUT2D eigenvalue weighted by Gasteiger charge is -2.15. The molecule has 3 N–H and O–H groups in total. The number of fused-ring (bicyclic) bond motifs is 1. The molecule has 0 saturated heterocycles. The van der Waals surface area contributed by atoms with Crippen molar-refractivity contribution in [1.29, 1.82) is 0 Å². The number of nitrogens with zero attached hydrogens (tertiary/aromatic N) is 1. The highest BCUT2D eigenvalue weighted by Crippen LogP contribution is 2.29. The van der Waals surface area contributed by atoms with E-state index in [1.54, 1.807) is 0 Å². The van der Waals surface area contributed by atoms with Crippen molar-refractivity contribution in [3.05, 3.63) is 46.0 Å². The molecule has 1 amide bonds. The van der Waals surface area contributed by atoms with Crippen LogP contribution in [0, 0.1) is 11.6 Å². The summed E-state index contributed by atoms with van der Waals surface area (Å²) in [6, 6.07) is 2.82. The van der Waals surface area contributed by atoms with Crippen molar-refractivity contribution in [1.82, 2.24) is 4.98 Å². The van der Waals surface area contributed by atoms with E-state index in [0.29, 0.717) is 5.13 Å². The van der Waals surface area contributed by atoms with E-state index in [4.69, 9.17) is 5.73 Å². The molecule has 0 spiro atoms. The number of hydrogen-bond acceptors (Lipinski definition) is 4. The fourth-order valence-corrected chi connectivity index (χ4v) is 3.40. The lowest BCUT2D eigenvalue weighted by Crippen LogP contribution is -2.27. The number of rotatable bonds is 2. The molecule has 0 saturated carbocycles. The van der Waals surface area contributed by atoms with Gasteiger partial charge in [-0.25, -0.2) is 13.8 Å². The molecule has 7 heteroatoms. The average molecular weight is 309 g/mol. The molecule has 1 aliphatic rings. The molecule has 21 heavy (non-hydrogen) atoms. The number of hydrogen-bond donors (Lipinski definition) is 2. The Balaban J connectivity index is 1.79. The second kappa shape index (κ2) is 5.50. The molecule has 2 aromatic rings. The molecule has 0 bridgehead atoms. The minimum Gasteiger partial charge on any atom is -0.327 e. The number of aromatic nitrogens is 1. The first kappa shape index (κ1) is 14.1. The molecule has 110 valence electrons. The first-order chi connectivity index (χ1) is 10.0. The van der Waals surface area contributed by atoms with Crippen molar-refractivity contribution in [2.75, 3.05) is 5.32 Å². The number of carbonyl (C=O) groups is 1. The summed E-state index contributed by atoms with van der Waals surface area (Å²) in [7, 11) is 0. The lowest BCUT2D eigenvalue weighted by molar-refractivity contribution is 0.102. The highest BCUT2D eigenvalue weighted by molar-refractivity contribution is 7.15. The molecule has 0 aliphatic heterocycles. The van der Waals surface area contributed by atoms with E-state index >= 15 is 0 Å². The Morgan fingerprint density at radius 2 is 2.05 bits per heavy atom. The molecule has 1 aliphatic carbocycles. The van der Waals surface area contributed by atoms with Gasteiger partial charge in [0.2, 0.25) is 0 Å². The average Bonchev–Trinajstić information content (AvgIpc) is 2.78. The Morgan fingerprint density at radius 1 is 1.33 bits per heavy atom. The molecule has 1 heterocycles. The van der Waals surface area contributed by atoms with Gasteiger partial charge in [-0.3, -0.25) is 10.1 Å². The number of halogens is 2. The van der Waals surface area contributed by atoms with Gasteiger partial charge in [0.25, 0.3) is 5.91 Å². The summed E-state index contributed by atoms with van der Waals surface area (Å²) in [4.78, 5) is 17.4. The molecule has 1 aromatic heterocycles. The fourth-order valence-electron chi connectivity index (χ4n) is 2.31. The third-order valence-corrected chi connectivity index (χ3v) is 4.36. The smallest absolute Gasteiger partial charge is 0.257 e. The standard InChI is InChI=1S/C14H13F2N3OS/c15-8-3-7(4-9(16)5-8)13(20)19-14-18-11-2-1-10(17)6-12(11)21-14/h3-5,10H,1-2,6,17H2,(H,18,19,20)/t10-/m0/s1. The zero-order valence-electron chi connectivity index (χ0n) is 11.0. The van der Waals surface area contributed by atoms with Gasteiger partial charge in [-0.2, -0.15) is 0 Å². The van der Waals surface area contributed by atoms with Crippen LogP contribution in [0.15, 0.2) is 18.2 Å². The maximum atomic E-state index is 13.1. The number of nitrogens with one attached hydrogen (secondary N) is 1. The number of nitrogens with two attached hydrogens (primary N) is 1. The maximum absolute atomic E-state index is 13.1. The van der Waals surface area contributed by atoms with Crippen LogP contribution in [0.1, 0.15) is 27.3 Å². The minimum absolute atomic E-state index is 0.0719. The second-order valence-electron chi connectivity index (χ2n) is 5.00. The zero-order valence-corrected chi connectivity index (χ0v) is 11.8. The first-order valence-corrected chi connectivity index (χ1v) is 7.34. The molecular formula is C14H13F2N3OS. The van der Waals surface area contributed by atoms with E-state index in [2.05, 4.69) is 10.3 Å². The third-order valence-electron chi connectivity index (χ3n) is 3.32. The third kappa shape index (κ3) is 3.08. The van der Waals surface area contributed by atoms with Crippen LogP contribution in [-0.2, 0) is 12.8 Å². The van der Waals surface area contributed by atoms with E-state index in [1.165, 1.54) is 11.3 Å². The van der Waals surface area contributed by atoms with Gasteiger partial charge >= 0.3 is 0 Å². The van der Waals surface area contributed by atoms with E-state index in [-0.39, 0.29) is 11.6 Å². The van der Waals surface area contributed by atoms with Crippen LogP contribution in [0.2, 0.25) is 0 Å². The van der Waals surface area contributed by atoms with E-state index in [0.717, 1.165) is 48.0 Å². The van der Waals surface area contributed by atoms with Gasteiger partial charge in [-0.15, -0.1) is 11.3 Å². The van der Waals surface area contributed by atoms with Crippen molar-refractivity contribution in [2.24, 2.45) is 5.73 Å². The molecule has 0 radical (unpaired) electrons. The lowest BCUT2D eigenvalue weighted by atomic mass is 9.99. The van der Waals surface area contributed by atoms with E-state index in [1.807, 2.05) is 0 Å². The molecule has 0 fully saturated rings. The molecule has 4 nitrogen and oxygen atoms in total. The Hall–Kier alpha value is -1.86. The monoisotopic (exact) mass is 309 g/mol. The quantitative estimate of drug-likeness (QED) is 0.895. The molecule has 1 atom stereocenters. The Kier molecular flexibility index (Phi) is 3.69. The van der Waals surface area contributed by atoms with Crippen molar-refractivity contribution in [3.8, 4) is 0 Å². The van der Waals surface area contributed by atoms with Gasteiger partial charge in [0.15, 0.2) is 5.13 Å². The van der Waals surface area contributed by atoms with Gasteiger partial charge in [0, 0.05) is 22.5 Å². The minimum atomic E-state index is -0.787. The number of benzene rings is 1.